The van der Waals surface area contributed by atoms with E-state index in [2.05, 4.69) is 58.0 Å². The van der Waals surface area contributed by atoms with Gasteiger partial charge < -0.3 is 0 Å². The predicted octanol–water partition coefficient (Wildman–Crippen LogP) is 3.17. The van der Waals surface area contributed by atoms with E-state index in [1.165, 1.54) is 17.3 Å². The van der Waals surface area contributed by atoms with Crippen molar-refractivity contribution >= 4 is 19.4 Å². The molecule has 0 saturated carbocycles. The summed E-state index contributed by atoms with van der Waals surface area (Å²) in [6.45, 7) is 9.20. The molecule has 0 N–H and O–H groups in total. The number of hydrogen-bond acceptors (Lipinski definition) is 1. The fourth-order valence-electron chi connectivity index (χ4n) is 2.37. The molecule has 0 radical (unpaired) electrons. The molecule has 2 rings (SSSR count). The monoisotopic (exact) mass is 298 g/mol. The Morgan fingerprint density at radius 1 is 1.29 bits per heavy atom. The van der Waals surface area contributed by atoms with E-state index in [1.807, 2.05) is 0 Å². The molecule has 1 heterocycles. The van der Waals surface area contributed by atoms with Gasteiger partial charge in [0.15, 0.2) is 0 Å². The van der Waals surface area contributed by atoms with Crippen molar-refractivity contribution < 1.29 is 4.74 Å². The third-order valence-electron chi connectivity index (χ3n) is 3.88. The Hall–Kier alpha value is -0.301. The van der Waals surface area contributed by atoms with Crippen LogP contribution in [0.3, 0.4) is 0 Å². The fourth-order valence-corrected chi connectivity index (χ4v) is 4.99. The van der Waals surface area contributed by atoms with Crippen LogP contribution in [0.25, 0.3) is 0 Å². The van der Waals surface area contributed by atoms with Crippen molar-refractivity contribution in [3.8, 4) is 0 Å². The summed E-state index contributed by atoms with van der Waals surface area (Å²) in [5, 5.41) is 0. The van der Waals surface area contributed by atoms with E-state index in [1.54, 1.807) is 0 Å². The molecular weight excluding hydrogens is 275 g/mol. The Kier molecular flexibility index (Phi) is 3.68. The van der Waals surface area contributed by atoms with Gasteiger partial charge in [0.1, 0.15) is 0 Å². The minimum absolute atomic E-state index is 0.0439. The molecule has 0 bridgehead atoms. The Morgan fingerprint density at radius 3 is 2.47 bits per heavy atom. The second kappa shape index (κ2) is 4.76. The van der Waals surface area contributed by atoms with Gasteiger partial charge in [-0.2, -0.15) is 0 Å². The number of benzene rings is 1. The molecule has 1 nitrogen and oxygen atoms in total. The van der Waals surface area contributed by atoms with E-state index in [4.69, 9.17) is 4.74 Å². The van der Waals surface area contributed by atoms with Crippen LogP contribution in [0.5, 0.6) is 0 Å². The molecular formula is C15H22OSe. The molecule has 1 saturated heterocycles. The van der Waals surface area contributed by atoms with E-state index in [-0.39, 0.29) is 9.91 Å². The summed E-state index contributed by atoms with van der Waals surface area (Å²) < 4.78 is 7.91. The van der Waals surface area contributed by atoms with Gasteiger partial charge in [-0.3, -0.25) is 0 Å². The SMILES string of the molecule is CC1CCC(C)(C(C)(C)[Se]c2ccccc2)O1. The average molecular weight is 297 g/mol. The first kappa shape index (κ1) is 13.1. The number of hydrogen-bond donors (Lipinski definition) is 0. The van der Waals surface area contributed by atoms with Gasteiger partial charge >= 0.3 is 111 Å². The zero-order valence-electron chi connectivity index (χ0n) is 11.2. The zero-order valence-corrected chi connectivity index (χ0v) is 12.9. The van der Waals surface area contributed by atoms with Crippen molar-refractivity contribution in [3.63, 3.8) is 0 Å². The molecule has 1 fully saturated rings. The average Bonchev–Trinajstić information content (AvgIpc) is 2.61. The van der Waals surface area contributed by atoms with Crippen molar-refractivity contribution in [2.75, 3.05) is 0 Å². The third kappa shape index (κ3) is 2.76. The standard InChI is InChI=1S/C15H22OSe/c1-12-10-11-15(4,16-12)14(2,3)17-13-8-6-5-7-9-13/h5-9,12H,10-11H2,1-4H3. The first-order chi connectivity index (χ1) is 7.93. The van der Waals surface area contributed by atoms with Crippen LogP contribution in [0.1, 0.15) is 40.5 Å². The molecule has 2 heteroatoms. The maximum absolute atomic E-state index is 6.20. The maximum atomic E-state index is 6.20. The van der Waals surface area contributed by atoms with Gasteiger partial charge in [-0.05, 0) is 0 Å². The van der Waals surface area contributed by atoms with Crippen molar-refractivity contribution in [2.45, 2.75) is 56.6 Å². The first-order valence-corrected chi connectivity index (χ1v) is 8.06. The molecule has 17 heavy (non-hydrogen) atoms. The summed E-state index contributed by atoms with van der Waals surface area (Å²) in [6.07, 6.45) is 2.81. The van der Waals surface area contributed by atoms with Gasteiger partial charge in [-0.25, -0.2) is 0 Å². The van der Waals surface area contributed by atoms with Gasteiger partial charge in [-0.1, -0.05) is 0 Å². The van der Waals surface area contributed by atoms with Crippen LogP contribution in [0, 0.1) is 0 Å². The Bertz CT molecular complexity index is 374. The summed E-state index contributed by atoms with van der Waals surface area (Å²) in [5.74, 6) is 0. The van der Waals surface area contributed by atoms with Crippen LogP contribution >= 0.6 is 0 Å². The summed E-state index contributed by atoms with van der Waals surface area (Å²) >= 11 is 0.451. The van der Waals surface area contributed by atoms with Gasteiger partial charge in [0, 0.05) is 0 Å². The second-order valence-corrected chi connectivity index (χ2v) is 9.18. The summed E-state index contributed by atoms with van der Waals surface area (Å²) in [6, 6.07) is 10.8. The van der Waals surface area contributed by atoms with Crippen LogP contribution in [0.4, 0.5) is 0 Å². The first-order valence-electron chi connectivity index (χ1n) is 6.35. The zero-order chi connectivity index (χ0) is 12.5. The van der Waals surface area contributed by atoms with Crippen molar-refractivity contribution in [2.24, 2.45) is 0 Å². The van der Waals surface area contributed by atoms with E-state index in [0.717, 1.165) is 0 Å². The number of ether oxygens (including phenoxy) is 1. The summed E-state index contributed by atoms with van der Waals surface area (Å²) in [4.78, 5) is 0. The fraction of sp³-hybridized carbons (Fsp3) is 0.600. The molecule has 0 amide bonds. The molecule has 1 aromatic carbocycles. The molecule has 1 aliphatic rings. The molecule has 2 atom stereocenters. The molecule has 0 aliphatic carbocycles. The van der Waals surface area contributed by atoms with E-state index >= 15 is 0 Å². The quantitative estimate of drug-likeness (QED) is 0.779. The summed E-state index contributed by atoms with van der Waals surface area (Å²) in [5.41, 5.74) is 0.0439. The Labute approximate surface area is 111 Å². The van der Waals surface area contributed by atoms with E-state index < -0.39 is 0 Å². The summed E-state index contributed by atoms with van der Waals surface area (Å²) in [7, 11) is 0. The van der Waals surface area contributed by atoms with Crippen LogP contribution < -0.4 is 4.46 Å². The van der Waals surface area contributed by atoms with Gasteiger partial charge in [0.25, 0.3) is 0 Å². The van der Waals surface area contributed by atoms with Gasteiger partial charge in [0.05, 0.1) is 0 Å². The Balaban J connectivity index is 2.13. The van der Waals surface area contributed by atoms with Crippen LogP contribution in [0.2, 0.25) is 4.31 Å². The second-order valence-electron chi connectivity index (χ2n) is 5.62. The molecule has 0 aromatic heterocycles. The van der Waals surface area contributed by atoms with Crippen molar-refractivity contribution in [1.82, 2.24) is 0 Å². The Morgan fingerprint density at radius 2 is 1.94 bits per heavy atom. The molecule has 2 unspecified atom stereocenters. The van der Waals surface area contributed by atoms with Gasteiger partial charge in [0.2, 0.25) is 0 Å². The van der Waals surface area contributed by atoms with E-state index in [0.29, 0.717) is 21.1 Å². The number of rotatable bonds is 3. The van der Waals surface area contributed by atoms with Crippen molar-refractivity contribution in [1.29, 1.82) is 0 Å². The normalized spacial score (nSPS) is 29.5. The van der Waals surface area contributed by atoms with Crippen molar-refractivity contribution in [3.05, 3.63) is 30.3 Å². The molecule has 0 spiro atoms. The third-order valence-corrected chi connectivity index (χ3v) is 6.92. The van der Waals surface area contributed by atoms with Gasteiger partial charge in [-0.15, -0.1) is 0 Å². The molecule has 1 aromatic rings. The van der Waals surface area contributed by atoms with Crippen LogP contribution in [-0.4, -0.2) is 26.7 Å². The molecule has 94 valence electrons. The van der Waals surface area contributed by atoms with Crippen LogP contribution in [-0.2, 0) is 4.74 Å². The molecule has 1 aliphatic heterocycles. The predicted molar refractivity (Wildman–Crippen MR) is 74.1 cm³/mol. The topological polar surface area (TPSA) is 9.23 Å². The van der Waals surface area contributed by atoms with E-state index in [9.17, 15) is 0 Å². The van der Waals surface area contributed by atoms with Crippen LogP contribution in [0.15, 0.2) is 30.3 Å². The minimum atomic E-state index is 0.0439.